The SMILES string of the molecule is CCS(=O)(=O)c1ccc([C@H](CC#N)NC(=O)c2ccc(N3CC(Oc4ccc(OC(F)(F)F)nc4)C[C@H]3COC(F)F)cc2)cc1. The number of rotatable bonds is 13. The van der Waals surface area contributed by atoms with Crippen LogP contribution in [0.2, 0.25) is 0 Å². The second kappa shape index (κ2) is 14.7. The van der Waals surface area contributed by atoms with Gasteiger partial charge in [-0.1, -0.05) is 19.1 Å². The first-order valence-corrected chi connectivity index (χ1v) is 15.6. The van der Waals surface area contributed by atoms with Crippen molar-refractivity contribution in [2.24, 2.45) is 0 Å². The number of hydrogen-bond acceptors (Lipinski definition) is 9. The molecule has 1 aliphatic rings. The van der Waals surface area contributed by atoms with Crippen LogP contribution in [-0.4, -0.2) is 63.3 Å². The molecule has 0 bridgehead atoms. The second-order valence-corrected chi connectivity index (χ2v) is 12.4. The Balaban J connectivity index is 1.44. The molecule has 46 heavy (non-hydrogen) atoms. The number of carbonyl (C=O) groups excluding carboxylic acids is 1. The standard InChI is InChI=1S/C30H29F5N4O6S/c1-2-46(41,42)25-10-5-19(6-11-25)26(13-14-36)38-28(40)20-3-7-21(8-4-20)39-17-24(15-22(39)18-43-29(31)32)44-23-9-12-27(37-16-23)45-30(33,34)35/h3-12,16,22,24,26,29H,2,13,15,17-18H2,1H3,(H,38,40)/t22-,24?,26-/m0/s1. The maximum absolute atomic E-state index is 13.1. The van der Waals surface area contributed by atoms with Crippen LogP contribution in [0.5, 0.6) is 11.6 Å². The van der Waals surface area contributed by atoms with Crippen molar-refractivity contribution in [2.45, 2.75) is 55.8 Å². The molecule has 2 aromatic carbocycles. The Morgan fingerprint density at radius 3 is 2.37 bits per heavy atom. The van der Waals surface area contributed by atoms with Crippen LogP contribution < -0.4 is 19.7 Å². The number of ether oxygens (including phenoxy) is 3. The summed E-state index contributed by atoms with van der Waals surface area (Å²) < 4.78 is 101. The first kappa shape index (κ1) is 34.4. The molecule has 246 valence electrons. The van der Waals surface area contributed by atoms with E-state index in [0.717, 1.165) is 12.3 Å². The lowest BCUT2D eigenvalue weighted by Crippen LogP contribution is -2.34. The average Bonchev–Trinajstić information content (AvgIpc) is 3.42. The minimum absolute atomic E-state index is 0.0682. The molecule has 0 radical (unpaired) electrons. The van der Waals surface area contributed by atoms with E-state index in [0.29, 0.717) is 11.3 Å². The number of aromatic nitrogens is 1. The van der Waals surface area contributed by atoms with Crippen molar-refractivity contribution in [3.8, 4) is 17.7 Å². The quantitative estimate of drug-likeness (QED) is 0.237. The van der Waals surface area contributed by atoms with Gasteiger partial charge in [-0.2, -0.15) is 14.0 Å². The summed E-state index contributed by atoms with van der Waals surface area (Å²) in [5.41, 5.74) is 1.36. The Kier molecular flexibility index (Phi) is 11.0. The zero-order chi connectivity index (χ0) is 33.5. The fourth-order valence-corrected chi connectivity index (χ4v) is 5.77. The third-order valence-electron chi connectivity index (χ3n) is 7.11. The molecule has 16 heteroatoms. The lowest BCUT2D eigenvalue weighted by atomic mass is 10.0. The number of anilines is 1. The second-order valence-electron chi connectivity index (χ2n) is 10.2. The number of halogens is 5. The smallest absolute Gasteiger partial charge is 0.487 e. The van der Waals surface area contributed by atoms with E-state index in [-0.39, 0.29) is 48.0 Å². The number of carbonyl (C=O) groups is 1. The van der Waals surface area contributed by atoms with Gasteiger partial charge in [0.1, 0.15) is 11.9 Å². The van der Waals surface area contributed by atoms with Crippen LogP contribution in [0, 0.1) is 11.3 Å². The molecule has 1 fully saturated rings. The lowest BCUT2D eigenvalue weighted by molar-refractivity contribution is -0.276. The number of alkyl halides is 5. The molecule has 1 amide bonds. The van der Waals surface area contributed by atoms with Gasteiger partial charge in [0.15, 0.2) is 9.84 Å². The van der Waals surface area contributed by atoms with Crippen molar-refractivity contribution in [3.63, 3.8) is 0 Å². The normalized spacial score (nSPS) is 17.4. The first-order chi connectivity index (χ1) is 21.8. The molecular formula is C30H29F5N4O6S. The summed E-state index contributed by atoms with van der Waals surface area (Å²) in [5.74, 6) is -1.08. The molecule has 0 spiro atoms. The van der Waals surface area contributed by atoms with Gasteiger partial charge in [0, 0.05) is 23.7 Å². The first-order valence-electron chi connectivity index (χ1n) is 13.9. The molecule has 1 N–H and O–H groups in total. The maximum Gasteiger partial charge on any atom is 0.574 e. The van der Waals surface area contributed by atoms with Crippen LogP contribution in [0.1, 0.15) is 41.7 Å². The van der Waals surface area contributed by atoms with Crippen molar-refractivity contribution in [1.29, 1.82) is 5.26 Å². The van der Waals surface area contributed by atoms with Crippen molar-refractivity contribution >= 4 is 21.4 Å². The Hall–Kier alpha value is -4.49. The molecule has 1 unspecified atom stereocenters. The lowest BCUT2D eigenvalue weighted by Gasteiger charge is -2.26. The highest BCUT2D eigenvalue weighted by molar-refractivity contribution is 7.91. The molecule has 4 rings (SSSR count). The van der Waals surface area contributed by atoms with Gasteiger partial charge in [-0.25, -0.2) is 13.4 Å². The van der Waals surface area contributed by atoms with Gasteiger partial charge in [0.25, 0.3) is 5.91 Å². The van der Waals surface area contributed by atoms with E-state index in [9.17, 15) is 40.4 Å². The van der Waals surface area contributed by atoms with E-state index in [4.69, 9.17) is 4.74 Å². The number of nitrogens with zero attached hydrogens (tertiary/aromatic N) is 3. The van der Waals surface area contributed by atoms with Gasteiger partial charge < -0.3 is 24.4 Å². The van der Waals surface area contributed by atoms with Crippen LogP contribution in [0.15, 0.2) is 71.8 Å². The highest BCUT2D eigenvalue weighted by atomic mass is 32.2. The molecule has 0 aliphatic carbocycles. The number of hydrogen-bond donors (Lipinski definition) is 1. The number of amides is 1. The molecular weight excluding hydrogens is 639 g/mol. The van der Waals surface area contributed by atoms with Crippen molar-refractivity contribution in [2.75, 3.05) is 23.8 Å². The fraction of sp³-hybridized carbons (Fsp3) is 0.367. The van der Waals surface area contributed by atoms with Crippen LogP contribution in [0.3, 0.4) is 0 Å². The topological polar surface area (TPSA) is 131 Å². The maximum atomic E-state index is 13.1. The third-order valence-corrected chi connectivity index (χ3v) is 8.86. The number of pyridine rings is 1. The van der Waals surface area contributed by atoms with Crippen molar-refractivity contribution in [1.82, 2.24) is 10.3 Å². The van der Waals surface area contributed by atoms with Gasteiger partial charge in [-0.3, -0.25) is 4.79 Å². The van der Waals surface area contributed by atoms with Crippen LogP contribution >= 0.6 is 0 Å². The average molecular weight is 669 g/mol. The minimum atomic E-state index is -4.90. The van der Waals surface area contributed by atoms with Crippen LogP contribution in [-0.2, 0) is 14.6 Å². The summed E-state index contributed by atoms with van der Waals surface area (Å²) in [6.07, 6.45) is -4.23. The summed E-state index contributed by atoms with van der Waals surface area (Å²) in [7, 11) is -3.42. The van der Waals surface area contributed by atoms with Gasteiger partial charge in [-0.05, 0) is 48.0 Å². The van der Waals surface area contributed by atoms with E-state index in [1.54, 1.807) is 29.2 Å². The van der Waals surface area contributed by atoms with E-state index in [2.05, 4.69) is 19.8 Å². The molecule has 2 heterocycles. The van der Waals surface area contributed by atoms with E-state index >= 15 is 0 Å². The highest BCUT2D eigenvalue weighted by Crippen LogP contribution is 2.30. The summed E-state index contributed by atoms with van der Waals surface area (Å²) >= 11 is 0. The third kappa shape index (κ3) is 9.27. The van der Waals surface area contributed by atoms with Crippen molar-refractivity contribution in [3.05, 3.63) is 78.0 Å². The molecule has 3 aromatic rings. The van der Waals surface area contributed by atoms with Crippen LogP contribution in [0.4, 0.5) is 27.6 Å². The fourth-order valence-electron chi connectivity index (χ4n) is 4.89. The largest absolute Gasteiger partial charge is 0.574 e. The Labute approximate surface area is 261 Å². The van der Waals surface area contributed by atoms with E-state index in [1.165, 1.54) is 37.3 Å². The van der Waals surface area contributed by atoms with Gasteiger partial charge in [0.2, 0.25) is 5.88 Å². The zero-order valence-electron chi connectivity index (χ0n) is 24.3. The molecule has 1 saturated heterocycles. The van der Waals surface area contributed by atoms with Crippen molar-refractivity contribution < 1.29 is 49.4 Å². The minimum Gasteiger partial charge on any atom is -0.487 e. The van der Waals surface area contributed by atoms with E-state index in [1.807, 2.05) is 6.07 Å². The summed E-state index contributed by atoms with van der Waals surface area (Å²) in [6, 6.07) is 15.2. The highest BCUT2D eigenvalue weighted by Gasteiger charge is 2.35. The summed E-state index contributed by atoms with van der Waals surface area (Å²) in [4.78, 5) is 18.5. The van der Waals surface area contributed by atoms with Gasteiger partial charge >= 0.3 is 13.0 Å². The van der Waals surface area contributed by atoms with Gasteiger partial charge in [0.05, 0.1) is 54.6 Å². The Bertz CT molecular complexity index is 1620. The Morgan fingerprint density at radius 1 is 1.11 bits per heavy atom. The number of sulfone groups is 1. The number of nitriles is 1. The predicted octanol–water partition coefficient (Wildman–Crippen LogP) is 5.42. The summed E-state index contributed by atoms with van der Waals surface area (Å²) in [6.45, 7) is -1.62. The molecule has 0 saturated carbocycles. The summed E-state index contributed by atoms with van der Waals surface area (Å²) in [5, 5.41) is 12.1. The molecule has 1 aromatic heterocycles. The molecule has 10 nitrogen and oxygen atoms in total. The zero-order valence-corrected chi connectivity index (χ0v) is 25.1. The van der Waals surface area contributed by atoms with Gasteiger partial charge in [-0.15, -0.1) is 13.2 Å². The monoisotopic (exact) mass is 668 g/mol. The Morgan fingerprint density at radius 2 is 1.80 bits per heavy atom. The molecule has 3 atom stereocenters. The number of nitrogens with one attached hydrogen (secondary N) is 1. The van der Waals surface area contributed by atoms with E-state index < -0.39 is 52.8 Å². The predicted molar refractivity (Wildman–Crippen MR) is 154 cm³/mol. The van der Waals surface area contributed by atoms with Crippen LogP contribution in [0.25, 0.3) is 0 Å². The number of benzene rings is 2. The molecule has 1 aliphatic heterocycles.